The first-order valence-electron chi connectivity index (χ1n) is 9.99. The highest BCUT2D eigenvalue weighted by atomic mass is 32.1. The largest absolute Gasteiger partial charge is 0.386 e. The molecule has 0 saturated carbocycles. The fraction of sp³-hybridized carbons (Fsp3) is 0.231. The third kappa shape index (κ3) is 3.98. The third-order valence-corrected chi connectivity index (χ3v) is 6.53. The van der Waals surface area contributed by atoms with E-state index in [4.69, 9.17) is 0 Å². The number of fused-ring (bicyclic) bond motifs is 2. The Morgan fingerprint density at radius 2 is 1.57 bits per heavy atom. The van der Waals surface area contributed by atoms with Crippen molar-refractivity contribution in [2.45, 2.75) is 32.7 Å². The minimum Gasteiger partial charge on any atom is -0.386 e. The van der Waals surface area contributed by atoms with Crippen molar-refractivity contribution in [3.8, 4) is 0 Å². The maximum Gasteiger partial charge on any atom is 0.0345 e. The molecule has 0 radical (unpaired) electrons. The van der Waals surface area contributed by atoms with Crippen molar-refractivity contribution in [2.24, 2.45) is 5.92 Å². The molecule has 0 aliphatic heterocycles. The van der Waals surface area contributed by atoms with Gasteiger partial charge in [0.2, 0.25) is 0 Å². The number of thiophene rings is 1. The SMILES string of the molecule is C=C(N[C@@H](C)Cc1csc2ccccc12)[C@H](C)Cc1cccc2ccccc12. The van der Waals surface area contributed by atoms with E-state index in [0.717, 1.165) is 18.5 Å². The molecule has 4 rings (SSSR count). The lowest BCUT2D eigenvalue weighted by atomic mass is 9.94. The van der Waals surface area contributed by atoms with E-state index in [0.29, 0.717) is 12.0 Å². The van der Waals surface area contributed by atoms with E-state index in [2.05, 4.69) is 97.9 Å². The van der Waals surface area contributed by atoms with Crippen LogP contribution in [0.25, 0.3) is 20.9 Å². The van der Waals surface area contributed by atoms with Crippen LogP contribution in [0.3, 0.4) is 0 Å². The van der Waals surface area contributed by atoms with E-state index in [9.17, 15) is 0 Å². The van der Waals surface area contributed by atoms with Crippen LogP contribution in [0.1, 0.15) is 25.0 Å². The molecule has 142 valence electrons. The lowest BCUT2D eigenvalue weighted by Crippen LogP contribution is -2.30. The monoisotopic (exact) mass is 385 g/mol. The van der Waals surface area contributed by atoms with Gasteiger partial charge in [0.05, 0.1) is 0 Å². The maximum atomic E-state index is 4.35. The molecule has 0 amide bonds. The van der Waals surface area contributed by atoms with Crippen LogP contribution in [0.5, 0.6) is 0 Å². The maximum absolute atomic E-state index is 4.35. The molecule has 0 bridgehead atoms. The van der Waals surface area contributed by atoms with E-state index >= 15 is 0 Å². The second-order valence-electron chi connectivity index (χ2n) is 7.78. The van der Waals surface area contributed by atoms with Crippen LogP contribution in [0.2, 0.25) is 0 Å². The smallest absolute Gasteiger partial charge is 0.0345 e. The van der Waals surface area contributed by atoms with Crippen LogP contribution < -0.4 is 5.32 Å². The fourth-order valence-electron chi connectivity index (χ4n) is 3.95. The number of benzene rings is 3. The summed E-state index contributed by atoms with van der Waals surface area (Å²) >= 11 is 1.83. The lowest BCUT2D eigenvalue weighted by molar-refractivity contribution is 0.537. The molecule has 2 heteroatoms. The number of hydrogen-bond donors (Lipinski definition) is 1. The van der Waals surface area contributed by atoms with Crippen LogP contribution in [0.4, 0.5) is 0 Å². The Morgan fingerprint density at radius 1 is 0.857 bits per heavy atom. The highest BCUT2D eigenvalue weighted by Crippen LogP contribution is 2.27. The zero-order valence-electron chi connectivity index (χ0n) is 16.6. The Kier molecular flexibility index (Phi) is 5.50. The van der Waals surface area contributed by atoms with Gasteiger partial charge in [-0.2, -0.15) is 0 Å². The van der Waals surface area contributed by atoms with Gasteiger partial charge in [-0.25, -0.2) is 0 Å². The predicted molar refractivity (Wildman–Crippen MR) is 124 cm³/mol. The molecule has 0 saturated heterocycles. The van der Waals surface area contributed by atoms with E-state index < -0.39 is 0 Å². The average Bonchev–Trinajstić information content (AvgIpc) is 3.11. The molecule has 3 aromatic carbocycles. The van der Waals surface area contributed by atoms with Crippen molar-refractivity contribution >= 4 is 32.2 Å². The second kappa shape index (κ2) is 8.20. The normalized spacial score (nSPS) is 13.5. The van der Waals surface area contributed by atoms with Crippen molar-refractivity contribution < 1.29 is 0 Å². The van der Waals surface area contributed by atoms with Crippen LogP contribution >= 0.6 is 11.3 Å². The van der Waals surface area contributed by atoms with Crippen molar-refractivity contribution in [3.63, 3.8) is 0 Å². The van der Waals surface area contributed by atoms with Crippen LogP contribution in [0, 0.1) is 5.92 Å². The van der Waals surface area contributed by atoms with Crippen LogP contribution in [-0.4, -0.2) is 6.04 Å². The predicted octanol–water partition coefficient (Wildman–Crippen LogP) is 6.97. The average molecular weight is 386 g/mol. The number of rotatable bonds is 7. The molecule has 0 fully saturated rings. The highest BCUT2D eigenvalue weighted by molar-refractivity contribution is 7.17. The Hall–Kier alpha value is -2.58. The summed E-state index contributed by atoms with van der Waals surface area (Å²) in [7, 11) is 0. The number of allylic oxidation sites excluding steroid dienone is 1. The van der Waals surface area contributed by atoms with Gasteiger partial charge < -0.3 is 5.32 Å². The van der Waals surface area contributed by atoms with Crippen molar-refractivity contribution in [2.75, 3.05) is 0 Å². The summed E-state index contributed by atoms with van der Waals surface area (Å²) in [6.45, 7) is 8.87. The second-order valence-corrected chi connectivity index (χ2v) is 8.69. The standard InChI is InChI=1S/C26H27NS/c1-18(15-22-11-8-10-21-9-4-5-12-24(21)22)20(3)27-19(2)16-23-17-28-26-14-7-6-13-25(23)26/h4-14,17-19,27H,3,15-16H2,1-2H3/t18-,19+/m1/s1. The zero-order valence-corrected chi connectivity index (χ0v) is 17.4. The topological polar surface area (TPSA) is 12.0 Å². The lowest BCUT2D eigenvalue weighted by Gasteiger charge is -2.22. The summed E-state index contributed by atoms with van der Waals surface area (Å²) in [4.78, 5) is 0. The molecule has 0 spiro atoms. The molecule has 28 heavy (non-hydrogen) atoms. The van der Waals surface area contributed by atoms with Gasteiger partial charge in [0.15, 0.2) is 0 Å². The van der Waals surface area contributed by atoms with Gasteiger partial charge in [0.1, 0.15) is 0 Å². The van der Waals surface area contributed by atoms with Gasteiger partial charge in [0.25, 0.3) is 0 Å². The Bertz CT molecular complexity index is 1100. The molecule has 4 aromatic rings. The molecular formula is C26H27NS. The molecule has 1 nitrogen and oxygen atoms in total. The quantitative estimate of drug-likeness (QED) is 0.362. The first kappa shape index (κ1) is 18.8. The Labute approximate surface area is 171 Å². The van der Waals surface area contributed by atoms with Gasteiger partial charge in [-0.1, -0.05) is 74.2 Å². The molecular weight excluding hydrogens is 358 g/mol. The summed E-state index contributed by atoms with van der Waals surface area (Å²) in [6, 6.07) is 24.2. The molecule has 0 aliphatic rings. The fourth-order valence-corrected chi connectivity index (χ4v) is 4.93. The summed E-state index contributed by atoms with van der Waals surface area (Å²) in [5.41, 5.74) is 3.94. The van der Waals surface area contributed by atoms with Gasteiger partial charge in [-0.15, -0.1) is 11.3 Å². The molecule has 0 unspecified atom stereocenters. The van der Waals surface area contributed by atoms with Gasteiger partial charge in [0, 0.05) is 16.4 Å². The molecule has 1 aromatic heterocycles. The molecule has 1 N–H and O–H groups in total. The summed E-state index contributed by atoms with van der Waals surface area (Å²) in [6.07, 6.45) is 2.02. The van der Waals surface area contributed by atoms with Crippen LogP contribution in [0.15, 0.2) is 84.4 Å². The van der Waals surface area contributed by atoms with Crippen molar-refractivity contribution in [1.82, 2.24) is 5.32 Å². The number of hydrogen-bond acceptors (Lipinski definition) is 2. The minimum absolute atomic E-state index is 0.362. The van der Waals surface area contributed by atoms with Gasteiger partial charge >= 0.3 is 0 Å². The third-order valence-electron chi connectivity index (χ3n) is 5.52. The van der Waals surface area contributed by atoms with Crippen molar-refractivity contribution in [3.05, 3.63) is 95.5 Å². The molecule has 1 heterocycles. The first-order chi connectivity index (χ1) is 13.6. The van der Waals surface area contributed by atoms with E-state index in [1.165, 1.54) is 32.0 Å². The Balaban J connectivity index is 1.41. The van der Waals surface area contributed by atoms with E-state index in [1.54, 1.807) is 0 Å². The summed E-state index contributed by atoms with van der Waals surface area (Å²) in [5, 5.41) is 10.0. The zero-order chi connectivity index (χ0) is 19.5. The van der Waals surface area contributed by atoms with E-state index in [1.807, 2.05) is 11.3 Å². The summed E-state index contributed by atoms with van der Waals surface area (Å²) in [5.74, 6) is 0.382. The van der Waals surface area contributed by atoms with Gasteiger partial charge in [-0.3, -0.25) is 0 Å². The summed E-state index contributed by atoms with van der Waals surface area (Å²) < 4.78 is 1.37. The van der Waals surface area contributed by atoms with Crippen molar-refractivity contribution in [1.29, 1.82) is 0 Å². The van der Waals surface area contributed by atoms with Crippen LogP contribution in [-0.2, 0) is 12.8 Å². The minimum atomic E-state index is 0.362. The highest BCUT2D eigenvalue weighted by Gasteiger charge is 2.14. The van der Waals surface area contributed by atoms with Gasteiger partial charge in [-0.05, 0) is 64.4 Å². The molecule has 2 atom stereocenters. The van der Waals surface area contributed by atoms with E-state index in [-0.39, 0.29) is 0 Å². The Morgan fingerprint density at radius 3 is 2.43 bits per heavy atom. The molecule has 0 aliphatic carbocycles. The number of nitrogens with one attached hydrogen (secondary N) is 1. The first-order valence-corrected chi connectivity index (χ1v) is 10.9.